The van der Waals surface area contributed by atoms with Crippen LogP contribution in [0.15, 0.2) is 54.6 Å². The summed E-state index contributed by atoms with van der Waals surface area (Å²) in [6, 6.07) is 14.4. The molecule has 0 aliphatic rings. The van der Waals surface area contributed by atoms with Crippen molar-refractivity contribution < 1.29 is 18.7 Å². The predicted molar refractivity (Wildman–Crippen MR) is 110 cm³/mol. The average Bonchev–Trinajstić information content (AvgIpc) is 2.70. The van der Waals surface area contributed by atoms with E-state index in [4.69, 9.17) is 4.74 Å². The van der Waals surface area contributed by atoms with E-state index >= 15 is 0 Å². The molecule has 8 heteroatoms. The maximum atomic E-state index is 14.0. The molecule has 0 aliphatic heterocycles. The first-order chi connectivity index (χ1) is 14.4. The van der Waals surface area contributed by atoms with Crippen LogP contribution in [0.5, 0.6) is 5.75 Å². The fourth-order valence-corrected chi connectivity index (χ4v) is 2.77. The van der Waals surface area contributed by atoms with Crippen LogP contribution in [0.3, 0.4) is 0 Å². The normalized spacial score (nSPS) is 10.4. The van der Waals surface area contributed by atoms with Crippen LogP contribution in [-0.2, 0) is 0 Å². The van der Waals surface area contributed by atoms with Gasteiger partial charge in [0, 0.05) is 16.9 Å². The highest BCUT2D eigenvalue weighted by atomic mass is 19.1. The van der Waals surface area contributed by atoms with E-state index in [1.165, 1.54) is 12.1 Å². The van der Waals surface area contributed by atoms with Crippen molar-refractivity contribution in [1.29, 1.82) is 0 Å². The number of aryl methyl sites for hydroxylation is 2. The van der Waals surface area contributed by atoms with Crippen LogP contribution in [0, 0.1) is 19.7 Å². The average molecular weight is 408 g/mol. The minimum Gasteiger partial charge on any atom is -0.492 e. The van der Waals surface area contributed by atoms with Gasteiger partial charge >= 0.3 is 0 Å². The highest BCUT2D eigenvalue weighted by Crippen LogP contribution is 2.15. The molecule has 0 saturated heterocycles. The fraction of sp³-hybridized carbons (Fsp3) is 0.182. The van der Waals surface area contributed by atoms with E-state index in [0.29, 0.717) is 17.3 Å². The SMILES string of the molecule is Cc1cc(C(=O)Nc2cc(F)cc(C(=O)NCCOc3ccccc3)c2)nc(C)n1. The van der Waals surface area contributed by atoms with Crippen LogP contribution >= 0.6 is 0 Å². The number of aromatic nitrogens is 2. The number of amides is 2. The first-order valence-electron chi connectivity index (χ1n) is 9.31. The molecule has 30 heavy (non-hydrogen) atoms. The molecule has 0 aliphatic carbocycles. The van der Waals surface area contributed by atoms with Crippen LogP contribution in [-0.4, -0.2) is 34.9 Å². The lowest BCUT2D eigenvalue weighted by Gasteiger charge is -2.10. The number of carbonyl (C=O) groups is 2. The Kier molecular flexibility index (Phi) is 6.69. The molecule has 2 amide bonds. The lowest BCUT2D eigenvalue weighted by atomic mass is 10.1. The van der Waals surface area contributed by atoms with Crippen LogP contribution in [0.4, 0.5) is 10.1 Å². The first kappa shape index (κ1) is 20.9. The monoisotopic (exact) mass is 408 g/mol. The van der Waals surface area contributed by atoms with Crippen molar-refractivity contribution >= 4 is 17.5 Å². The number of benzene rings is 2. The molecule has 3 aromatic rings. The molecule has 7 nitrogen and oxygen atoms in total. The Hall–Kier alpha value is -3.81. The molecule has 0 atom stereocenters. The van der Waals surface area contributed by atoms with Gasteiger partial charge in [-0.05, 0) is 50.2 Å². The number of ether oxygens (including phenoxy) is 1. The van der Waals surface area contributed by atoms with Gasteiger partial charge in [-0.25, -0.2) is 14.4 Å². The number of carbonyl (C=O) groups excluding carboxylic acids is 2. The fourth-order valence-electron chi connectivity index (χ4n) is 2.77. The summed E-state index contributed by atoms with van der Waals surface area (Å²) < 4.78 is 19.5. The first-order valence-corrected chi connectivity index (χ1v) is 9.31. The van der Waals surface area contributed by atoms with E-state index in [9.17, 15) is 14.0 Å². The van der Waals surface area contributed by atoms with Gasteiger partial charge in [-0.1, -0.05) is 18.2 Å². The van der Waals surface area contributed by atoms with Gasteiger partial charge in [0.2, 0.25) is 0 Å². The third-order valence-electron chi connectivity index (χ3n) is 4.02. The molecule has 1 aromatic heterocycles. The number of hydrogen-bond donors (Lipinski definition) is 2. The second kappa shape index (κ2) is 9.60. The lowest BCUT2D eigenvalue weighted by Crippen LogP contribution is -2.28. The Bertz CT molecular complexity index is 1040. The van der Waals surface area contributed by atoms with Crippen molar-refractivity contribution in [3.05, 3.63) is 83.2 Å². The third-order valence-corrected chi connectivity index (χ3v) is 4.02. The molecular formula is C22H21FN4O3. The number of anilines is 1. The summed E-state index contributed by atoms with van der Waals surface area (Å²) in [5.41, 5.74) is 1.04. The summed E-state index contributed by atoms with van der Waals surface area (Å²) in [6.07, 6.45) is 0. The van der Waals surface area contributed by atoms with Crippen LogP contribution in [0.1, 0.15) is 32.4 Å². The van der Waals surface area contributed by atoms with Gasteiger partial charge < -0.3 is 15.4 Å². The predicted octanol–water partition coefficient (Wildman–Crippen LogP) is 3.29. The minimum atomic E-state index is -0.645. The smallest absolute Gasteiger partial charge is 0.274 e. The van der Waals surface area contributed by atoms with Crippen molar-refractivity contribution in [2.45, 2.75) is 13.8 Å². The van der Waals surface area contributed by atoms with E-state index in [0.717, 1.165) is 12.1 Å². The molecule has 0 radical (unpaired) electrons. The topological polar surface area (TPSA) is 93.2 Å². The zero-order valence-corrected chi connectivity index (χ0v) is 16.6. The molecule has 0 saturated carbocycles. The number of para-hydroxylation sites is 1. The summed E-state index contributed by atoms with van der Waals surface area (Å²) in [5.74, 6) is -0.490. The summed E-state index contributed by atoms with van der Waals surface area (Å²) >= 11 is 0. The molecule has 3 rings (SSSR count). The second-order valence-electron chi connectivity index (χ2n) is 6.54. The number of nitrogens with zero attached hydrogens (tertiary/aromatic N) is 2. The molecule has 2 N–H and O–H groups in total. The minimum absolute atomic E-state index is 0.0834. The van der Waals surface area contributed by atoms with Gasteiger partial charge in [0.1, 0.15) is 29.7 Å². The zero-order chi connectivity index (χ0) is 21.5. The Morgan fingerprint density at radius 2 is 1.77 bits per heavy atom. The van der Waals surface area contributed by atoms with Gasteiger partial charge in [-0.3, -0.25) is 9.59 Å². The highest BCUT2D eigenvalue weighted by molar-refractivity contribution is 6.04. The number of nitrogens with one attached hydrogen (secondary N) is 2. The maximum absolute atomic E-state index is 14.0. The van der Waals surface area contributed by atoms with Crippen LogP contribution in [0.25, 0.3) is 0 Å². The highest BCUT2D eigenvalue weighted by Gasteiger charge is 2.13. The van der Waals surface area contributed by atoms with Gasteiger partial charge in [-0.15, -0.1) is 0 Å². The second-order valence-corrected chi connectivity index (χ2v) is 6.54. The van der Waals surface area contributed by atoms with E-state index in [1.807, 2.05) is 30.3 Å². The Balaban J connectivity index is 1.61. The van der Waals surface area contributed by atoms with Crippen LogP contribution < -0.4 is 15.4 Å². The Morgan fingerprint density at radius 3 is 2.50 bits per heavy atom. The molecule has 0 unspecified atom stereocenters. The summed E-state index contributed by atoms with van der Waals surface area (Å²) in [4.78, 5) is 32.9. The standard InChI is InChI=1S/C22H21FN4O3/c1-14-10-20(26-15(2)25-14)22(29)27-18-12-16(11-17(23)13-18)21(28)24-8-9-30-19-6-4-3-5-7-19/h3-7,10-13H,8-9H2,1-2H3,(H,24,28)(H,27,29). The summed E-state index contributed by atoms with van der Waals surface area (Å²) in [7, 11) is 0. The molecule has 0 bridgehead atoms. The zero-order valence-electron chi connectivity index (χ0n) is 16.6. The summed E-state index contributed by atoms with van der Waals surface area (Å²) in [5, 5.41) is 5.22. The molecule has 0 spiro atoms. The maximum Gasteiger partial charge on any atom is 0.274 e. The van der Waals surface area contributed by atoms with E-state index < -0.39 is 17.6 Å². The molecule has 1 heterocycles. The Labute approximate surface area is 173 Å². The third kappa shape index (κ3) is 5.84. The van der Waals surface area contributed by atoms with Gasteiger partial charge in [0.05, 0.1) is 6.54 Å². The van der Waals surface area contributed by atoms with Crippen molar-refractivity contribution in [2.75, 3.05) is 18.5 Å². The number of rotatable bonds is 7. The molecule has 0 fully saturated rings. The van der Waals surface area contributed by atoms with E-state index in [-0.39, 0.29) is 30.1 Å². The van der Waals surface area contributed by atoms with Crippen molar-refractivity contribution in [3.63, 3.8) is 0 Å². The van der Waals surface area contributed by atoms with Crippen molar-refractivity contribution in [2.24, 2.45) is 0 Å². The van der Waals surface area contributed by atoms with Gasteiger partial charge in [0.15, 0.2) is 0 Å². The largest absolute Gasteiger partial charge is 0.492 e. The van der Waals surface area contributed by atoms with E-state index in [1.54, 1.807) is 13.8 Å². The summed E-state index contributed by atoms with van der Waals surface area (Å²) in [6.45, 7) is 3.93. The van der Waals surface area contributed by atoms with Gasteiger partial charge in [0.25, 0.3) is 11.8 Å². The van der Waals surface area contributed by atoms with Crippen LogP contribution in [0.2, 0.25) is 0 Å². The molecule has 154 valence electrons. The number of hydrogen-bond acceptors (Lipinski definition) is 5. The van der Waals surface area contributed by atoms with Gasteiger partial charge in [-0.2, -0.15) is 0 Å². The van der Waals surface area contributed by atoms with E-state index in [2.05, 4.69) is 20.6 Å². The molecular weight excluding hydrogens is 387 g/mol. The van der Waals surface area contributed by atoms with Crippen molar-refractivity contribution in [3.8, 4) is 5.75 Å². The number of halogens is 1. The molecule has 2 aromatic carbocycles. The van der Waals surface area contributed by atoms with Crippen molar-refractivity contribution in [1.82, 2.24) is 15.3 Å². The lowest BCUT2D eigenvalue weighted by molar-refractivity contribution is 0.0945. The Morgan fingerprint density at radius 1 is 1.00 bits per heavy atom. The quantitative estimate of drug-likeness (QED) is 0.585.